The van der Waals surface area contributed by atoms with Crippen LogP contribution in [0, 0.1) is 17.3 Å². The van der Waals surface area contributed by atoms with E-state index in [9.17, 15) is 15.2 Å². The van der Waals surface area contributed by atoms with Crippen LogP contribution in [0.1, 0.15) is 42.3 Å². The second-order valence-electron chi connectivity index (χ2n) is 8.18. The number of ketones is 1. The molecule has 1 aromatic carbocycles. The Morgan fingerprint density at radius 3 is 2.59 bits per heavy atom. The highest BCUT2D eigenvalue weighted by molar-refractivity contribution is 5.91. The van der Waals surface area contributed by atoms with E-state index in [1.165, 1.54) is 19.1 Å². The number of carbonyl (C=O) groups is 1. The molecule has 2 fully saturated rings. The van der Waals surface area contributed by atoms with Gasteiger partial charge in [0.25, 0.3) is 0 Å². The second-order valence-corrected chi connectivity index (χ2v) is 8.18. The van der Waals surface area contributed by atoms with Gasteiger partial charge in [-0.2, -0.15) is 4.73 Å². The zero-order valence-corrected chi connectivity index (χ0v) is 16.8. The van der Waals surface area contributed by atoms with E-state index in [1.54, 1.807) is 18.2 Å². The first kappa shape index (κ1) is 19.8. The molecule has 0 N–H and O–H groups in total. The highest BCUT2D eigenvalue weighted by Gasteiger charge is 2.66. The van der Waals surface area contributed by atoms with Crippen LogP contribution in [-0.4, -0.2) is 36.2 Å². The van der Waals surface area contributed by atoms with Crippen molar-refractivity contribution < 1.29 is 18.9 Å². The number of likely N-dealkylation sites (tertiary alicyclic amines) is 1. The van der Waals surface area contributed by atoms with Crippen LogP contribution in [0.15, 0.2) is 48.5 Å². The van der Waals surface area contributed by atoms with Crippen molar-refractivity contribution >= 4 is 11.9 Å². The van der Waals surface area contributed by atoms with E-state index in [0.29, 0.717) is 31.0 Å². The van der Waals surface area contributed by atoms with Gasteiger partial charge in [-0.3, -0.25) is 4.79 Å². The van der Waals surface area contributed by atoms with Crippen LogP contribution in [0.3, 0.4) is 0 Å². The average Bonchev–Trinajstić information content (AvgIpc) is 3.21. The smallest absolute Gasteiger partial charge is 0.232 e. The lowest BCUT2D eigenvalue weighted by Gasteiger charge is -2.38. The quantitative estimate of drug-likeness (QED) is 0.248. The average molecular weight is 394 g/mol. The maximum atomic E-state index is 13.2. The molecule has 1 aromatic heterocycles. The summed E-state index contributed by atoms with van der Waals surface area (Å²) in [5, 5.41) is 26.2. The standard InChI is InChI=1S/C23H26N2O4/c1-17-8-11-19(12-9-17)23(22(29-23)16-25(28)14-3-4-15-25)21-7-5-6-20(24(21)27)13-10-18(2)26/h5-13,22H,3-4,14-16H2,1-2H3/b13-10+. The maximum absolute atomic E-state index is 13.2. The number of hydrogen-bond acceptors (Lipinski definition) is 4. The van der Waals surface area contributed by atoms with Gasteiger partial charge in [-0.15, -0.1) is 0 Å². The highest BCUT2D eigenvalue weighted by Crippen LogP contribution is 2.51. The number of benzene rings is 1. The first-order chi connectivity index (χ1) is 13.8. The van der Waals surface area contributed by atoms with E-state index in [-0.39, 0.29) is 16.5 Å². The molecule has 0 aliphatic carbocycles. The Bertz CT molecular complexity index is 948. The molecular formula is C23H26N2O4. The zero-order chi connectivity index (χ0) is 20.6. The minimum atomic E-state index is -0.937. The molecule has 2 aliphatic heterocycles. The number of pyridine rings is 1. The van der Waals surface area contributed by atoms with Gasteiger partial charge in [0.15, 0.2) is 11.9 Å². The molecule has 3 heterocycles. The lowest BCUT2D eigenvalue weighted by Crippen LogP contribution is -2.45. The summed E-state index contributed by atoms with van der Waals surface area (Å²) in [5.41, 5.74) is 1.86. The number of hydroxylamine groups is 3. The molecule has 4 rings (SSSR count). The van der Waals surface area contributed by atoms with Crippen LogP contribution >= 0.6 is 0 Å². The number of quaternary nitrogens is 1. The molecule has 0 amide bonds. The Balaban J connectivity index is 1.75. The summed E-state index contributed by atoms with van der Waals surface area (Å²) in [6, 6.07) is 13.1. The number of epoxide rings is 1. The second kappa shape index (κ2) is 7.37. The van der Waals surface area contributed by atoms with Crippen molar-refractivity contribution in [1.82, 2.24) is 0 Å². The van der Waals surface area contributed by atoms with E-state index < -0.39 is 5.60 Å². The summed E-state index contributed by atoms with van der Waals surface area (Å²) < 4.78 is 6.73. The number of aryl methyl sites for hydroxylation is 1. The summed E-state index contributed by atoms with van der Waals surface area (Å²) in [7, 11) is 0. The van der Waals surface area contributed by atoms with Crippen molar-refractivity contribution in [3.63, 3.8) is 0 Å². The molecule has 2 unspecified atom stereocenters. The number of nitrogens with zero attached hydrogens (tertiary/aromatic N) is 2. The normalized spacial score (nSPS) is 25.4. The Hall–Kier alpha value is -2.54. The predicted molar refractivity (Wildman–Crippen MR) is 109 cm³/mol. The number of ether oxygens (including phenoxy) is 1. The van der Waals surface area contributed by atoms with Crippen molar-refractivity contribution in [1.29, 1.82) is 0 Å². The Morgan fingerprint density at radius 1 is 1.24 bits per heavy atom. The number of aromatic nitrogens is 1. The van der Waals surface area contributed by atoms with Gasteiger partial charge in [0.05, 0.1) is 13.1 Å². The Morgan fingerprint density at radius 2 is 1.93 bits per heavy atom. The number of carbonyl (C=O) groups excluding carboxylic acids is 1. The van der Waals surface area contributed by atoms with Crippen LogP contribution < -0.4 is 4.73 Å². The third-order valence-electron chi connectivity index (χ3n) is 5.93. The highest BCUT2D eigenvalue weighted by atomic mass is 16.6. The molecule has 6 heteroatoms. The largest absolute Gasteiger partial charge is 0.633 e. The molecule has 2 saturated heterocycles. The fourth-order valence-electron chi connectivity index (χ4n) is 4.29. The Labute approximate surface area is 170 Å². The third kappa shape index (κ3) is 3.71. The minimum Gasteiger partial charge on any atom is -0.633 e. The molecule has 0 bridgehead atoms. The van der Waals surface area contributed by atoms with Crippen LogP contribution in [0.4, 0.5) is 0 Å². The minimum absolute atomic E-state index is 0.129. The van der Waals surface area contributed by atoms with Gasteiger partial charge < -0.3 is 19.8 Å². The van der Waals surface area contributed by atoms with E-state index in [0.717, 1.165) is 28.7 Å². The van der Waals surface area contributed by atoms with Crippen LogP contribution in [0.5, 0.6) is 0 Å². The summed E-state index contributed by atoms with van der Waals surface area (Å²) in [5.74, 6) is -0.129. The Kier molecular flexibility index (Phi) is 5.02. The van der Waals surface area contributed by atoms with Crippen LogP contribution in [0.25, 0.3) is 6.08 Å². The zero-order valence-electron chi connectivity index (χ0n) is 16.8. The topological polar surface area (TPSA) is 79.6 Å². The van der Waals surface area contributed by atoms with E-state index >= 15 is 0 Å². The van der Waals surface area contributed by atoms with Crippen LogP contribution in [0.2, 0.25) is 0 Å². The van der Waals surface area contributed by atoms with Crippen molar-refractivity contribution in [3.05, 3.63) is 81.5 Å². The molecule has 0 radical (unpaired) electrons. The van der Waals surface area contributed by atoms with Gasteiger partial charge >= 0.3 is 0 Å². The molecule has 152 valence electrons. The number of allylic oxidation sites excluding steroid dienone is 1. The van der Waals surface area contributed by atoms with Gasteiger partial charge in [0.1, 0.15) is 6.54 Å². The third-order valence-corrected chi connectivity index (χ3v) is 5.93. The molecule has 2 atom stereocenters. The summed E-state index contributed by atoms with van der Waals surface area (Å²) in [6.07, 6.45) is 4.40. The lowest BCUT2D eigenvalue weighted by atomic mass is 9.90. The fraction of sp³-hybridized carbons (Fsp3) is 0.391. The molecule has 6 nitrogen and oxygen atoms in total. The molecule has 2 aliphatic rings. The van der Waals surface area contributed by atoms with E-state index in [2.05, 4.69) is 0 Å². The molecule has 2 aromatic rings. The molecule has 0 saturated carbocycles. The first-order valence-electron chi connectivity index (χ1n) is 10.1. The number of rotatable bonds is 6. The summed E-state index contributed by atoms with van der Waals surface area (Å²) in [6.45, 7) is 4.98. The fourth-order valence-corrected chi connectivity index (χ4v) is 4.29. The van der Waals surface area contributed by atoms with Crippen molar-refractivity contribution in [3.8, 4) is 0 Å². The predicted octanol–water partition coefficient (Wildman–Crippen LogP) is 2.98. The summed E-state index contributed by atoms with van der Waals surface area (Å²) in [4.78, 5) is 11.3. The van der Waals surface area contributed by atoms with Gasteiger partial charge in [0, 0.05) is 31.1 Å². The number of hydrogen-bond donors (Lipinski definition) is 0. The molecule has 0 spiro atoms. The monoisotopic (exact) mass is 394 g/mol. The molecular weight excluding hydrogens is 368 g/mol. The summed E-state index contributed by atoms with van der Waals surface area (Å²) >= 11 is 0. The van der Waals surface area contributed by atoms with Gasteiger partial charge in [-0.05, 0) is 31.6 Å². The SMILES string of the molecule is CC(=O)/C=C/c1cccc(C2(c3ccc(C)cc3)OC2C[N+]2([O-])CCCC2)[n+]1[O-]. The lowest BCUT2D eigenvalue weighted by molar-refractivity contribution is -0.868. The van der Waals surface area contributed by atoms with Gasteiger partial charge in [-0.25, -0.2) is 0 Å². The molecule has 29 heavy (non-hydrogen) atoms. The van der Waals surface area contributed by atoms with Gasteiger partial charge in [0.2, 0.25) is 17.0 Å². The van der Waals surface area contributed by atoms with Crippen LogP contribution in [-0.2, 0) is 15.1 Å². The van der Waals surface area contributed by atoms with Crippen molar-refractivity contribution in [2.45, 2.75) is 38.4 Å². The van der Waals surface area contributed by atoms with Crippen molar-refractivity contribution in [2.24, 2.45) is 0 Å². The first-order valence-corrected chi connectivity index (χ1v) is 10.1. The maximum Gasteiger partial charge on any atom is 0.232 e. The van der Waals surface area contributed by atoms with Crippen molar-refractivity contribution in [2.75, 3.05) is 19.6 Å². The van der Waals surface area contributed by atoms with Gasteiger partial charge in [-0.1, -0.05) is 29.8 Å². The van der Waals surface area contributed by atoms with E-state index in [4.69, 9.17) is 4.74 Å². The van der Waals surface area contributed by atoms with E-state index in [1.807, 2.05) is 31.2 Å².